The van der Waals surface area contributed by atoms with E-state index in [0.717, 1.165) is 11.2 Å². The van der Waals surface area contributed by atoms with Crippen LogP contribution >= 0.6 is 0 Å². The Balaban J connectivity index is 1.77. The van der Waals surface area contributed by atoms with Crippen molar-refractivity contribution in [2.24, 2.45) is 4.99 Å². The van der Waals surface area contributed by atoms with Crippen LogP contribution in [0.1, 0.15) is 10.4 Å². The molecule has 0 unspecified atom stereocenters. The monoisotopic (exact) mass is 454 g/mol. The van der Waals surface area contributed by atoms with Crippen molar-refractivity contribution in [2.45, 2.75) is 12.6 Å². The van der Waals surface area contributed by atoms with Crippen molar-refractivity contribution in [3.63, 3.8) is 0 Å². The summed E-state index contributed by atoms with van der Waals surface area (Å²) >= 11 is 0. The lowest BCUT2D eigenvalue weighted by atomic mass is 10.2. The van der Waals surface area contributed by atoms with Gasteiger partial charge >= 0.3 is 0 Å². The Labute approximate surface area is 189 Å². The van der Waals surface area contributed by atoms with Crippen LogP contribution in [-0.2, 0) is 6.54 Å². The quantitative estimate of drug-likeness (QED) is 0.440. The number of rotatable bonds is 7. The fourth-order valence-electron chi connectivity index (χ4n) is 3.61. The van der Waals surface area contributed by atoms with Gasteiger partial charge in [0.2, 0.25) is 11.6 Å². The smallest absolute Gasteiger partial charge is 0.283 e. The van der Waals surface area contributed by atoms with Crippen molar-refractivity contribution in [2.75, 3.05) is 52.0 Å². The highest BCUT2D eigenvalue weighted by molar-refractivity contribution is 5.96. The number of anilines is 2. The lowest BCUT2D eigenvalue weighted by Crippen LogP contribution is -2.30. The van der Waals surface area contributed by atoms with Crippen LogP contribution in [0.15, 0.2) is 29.5 Å². The van der Waals surface area contributed by atoms with Gasteiger partial charge in [-0.2, -0.15) is 4.99 Å². The highest BCUT2D eigenvalue weighted by Crippen LogP contribution is 2.37. The minimum atomic E-state index is -0.670. The zero-order chi connectivity index (χ0) is 23.5. The Morgan fingerprint density at radius 3 is 2.82 bits per heavy atom. The SMILES string of the molecule is COc1c(OC[C@@H](O)CN(C)C)ccc2c3n(c(=NC(=O)c4cnc(N)nc4)nc12)CCN3. The molecule has 0 radical (unpaired) electrons. The van der Waals surface area contributed by atoms with Crippen molar-refractivity contribution in [3.05, 3.63) is 35.7 Å². The molecule has 12 nitrogen and oxygen atoms in total. The topological polar surface area (TPSA) is 153 Å². The standard InChI is InChI=1S/C21H26N8O4/c1-28(2)10-13(30)11-33-15-5-4-14-16(17(15)32-3)26-21(29-7-6-23-18(14)29)27-19(31)12-8-24-20(22)25-9-12/h4-5,8-9,13,23,30H,6-7,10-11H2,1-3H3,(H2,22,24,25)/t13-/m0/s1. The Morgan fingerprint density at radius 1 is 1.36 bits per heavy atom. The number of nitrogen functional groups attached to an aromatic ring is 1. The van der Waals surface area contributed by atoms with E-state index < -0.39 is 12.0 Å². The molecule has 0 fully saturated rings. The van der Waals surface area contributed by atoms with Gasteiger partial charge in [0, 0.05) is 37.4 Å². The third-order valence-electron chi connectivity index (χ3n) is 5.03. The molecule has 1 aliphatic rings. The molecule has 0 spiro atoms. The fourth-order valence-corrected chi connectivity index (χ4v) is 3.61. The first-order valence-electron chi connectivity index (χ1n) is 10.3. The minimum Gasteiger partial charge on any atom is -0.491 e. The Kier molecular flexibility index (Phi) is 6.38. The van der Waals surface area contributed by atoms with Crippen LogP contribution in [0.4, 0.5) is 11.8 Å². The molecule has 4 N–H and O–H groups in total. The number of hydrogen-bond acceptors (Lipinski definition) is 10. The number of carbonyl (C=O) groups is 1. The average Bonchev–Trinajstić information content (AvgIpc) is 3.28. The third-order valence-corrected chi connectivity index (χ3v) is 5.03. The maximum absolute atomic E-state index is 12.7. The van der Waals surface area contributed by atoms with Gasteiger partial charge in [-0.25, -0.2) is 15.0 Å². The molecule has 0 saturated carbocycles. The predicted molar refractivity (Wildman–Crippen MR) is 121 cm³/mol. The Morgan fingerprint density at radius 2 is 2.12 bits per heavy atom. The van der Waals surface area contributed by atoms with Crippen molar-refractivity contribution in [1.29, 1.82) is 0 Å². The van der Waals surface area contributed by atoms with Crippen molar-refractivity contribution < 1.29 is 19.4 Å². The van der Waals surface area contributed by atoms with E-state index in [2.05, 4.69) is 25.3 Å². The summed E-state index contributed by atoms with van der Waals surface area (Å²) in [5.74, 6) is 1.13. The normalized spacial score (nSPS) is 14.3. The number of likely N-dealkylation sites (N-methyl/N-ethyl adjacent to an activating group) is 1. The van der Waals surface area contributed by atoms with E-state index in [4.69, 9.17) is 15.2 Å². The molecular weight excluding hydrogens is 428 g/mol. The summed E-state index contributed by atoms with van der Waals surface area (Å²) in [7, 11) is 5.26. The number of hydrogen-bond donors (Lipinski definition) is 3. The van der Waals surface area contributed by atoms with Crippen LogP contribution in [0.5, 0.6) is 11.5 Å². The third kappa shape index (κ3) is 4.71. The van der Waals surface area contributed by atoms with Crippen LogP contribution in [0, 0.1) is 0 Å². The van der Waals surface area contributed by atoms with Gasteiger partial charge < -0.3 is 30.5 Å². The first-order chi connectivity index (χ1) is 15.9. The summed E-state index contributed by atoms with van der Waals surface area (Å²) in [5.41, 5.74) is 6.39. The number of aliphatic hydroxyl groups excluding tert-OH is 1. The van der Waals surface area contributed by atoms with E-state index in [1.807, 2.05) is 29.6 Å². The summed E-state index contributed by atoms with van der Waals surface area (Å²) in [4.78, 5) is 31.1. The number of nitrogens with zero attached hydrogens (tertiary/aromatic N) is 6. The molecule has 174 valence electrons. The second kappa shape index (κ2) is 9.38. The van der Waals surface area contributed by atoms with Gasteiger partial charge in [-0.1, -0.05) is 0 Å². The first kappa shape index (κ1) is 22.4. The molecule has 1 aliphatic heterocycles. The molecule has 1 amide bonds. The lowest BCUT2D eigenvalue weighted by Gasteiger charge is -2.18. The number of carbonyl (C=O) groups excluding carboxylic acids is 1. The maximum Gasteiger partial charge on any atom is 0.283 e. The average molecular weight is 454 g/mol. The number of methoxy groups -OCH3 is 1. The summed E-state index contributed by atoms with van der Waals surface area (Å²) in [6.45, 7) is 1.81. The van der Waals surface area contributed by atoms with Gasteiger partial charge in [0.05, 0.1) is 12.7 Å². The van der Waals surface area contributed by atoms with E-state index in [9.17, 15) is 9.90 Å². The molecule has 0 saturated heterocycles. The van der Waals surface area contributed by atoms with Gasteiger partial charge in [-0.05, 0) is 26.2 Å². The summed E-state index contributed by atoms with van der Waals surface area (Å²) < 4.78 is 13.3. The van der Waals surface area contributed by atoms with Crippen LogP contribution in [0.2, 0.25) is 0 Å². The lowest BCUT2D eigenvalue weighted by molar-refractivity contribution is 0.0819. The number of aliphatic hydroxyl groups is 1. The zero-order valence-electron chi connectivity index (χ0n) is 18.6. The first-order valence-corrected chi connectivity index (χ1v) is 10.3. The van der Waals surface area contributed by atoms with E-state index in [1.54, 1.807) is 6.07 Å². The van der Waals surface area contributed by atoms with E-state index in [-0.39, 0.29) is 23.7 Å². The number of fused-ring (bicyclic) bond motifs is 3. The molecule has 33 heavy (non-hydrogen) atoms. The van der Waals surface area contributed by atoms with Gasteiger partial charge in [0.1, 0.15) is 24.0 Å². The van der Waals surface area contributed by atoms with Crippen molar-refractivity contribution in [1.82, 2.24) is 24.4 Å². The second-order valence-corrected chi connectivity index (χ2v) is 7.81. The van der Waals surface area contributed by atoms with E-state index >= 15 is 0 Å². The highest BCUT2D eigenvalue weighted by atomic mass is 16.5. The molecule has 12 heteroatoms. The molecule has 4 rings (SSSR count). The summed E-state index contributed by atoms with van der Waals surface area (Å²) in [6, 6.07) is 3.64. The van der Waals surface area contributed by atoms with Crippen LogP contribution in [0.3, 0.4) is 0 Å². The molecule has 3 aromatic rings. The summed E-state index contributed by atoms with van der Waals surface area (Å²) in [5, 5.41) is 14.3. The fraction of sp³-hybridized carbons (Fsp3) is 0.381. The maximum atomic E-state index is 12.7. The zero-order valence-corrected chi connectivity index (χ0v) is 18.6. The highest BCUT2D eigenvalue weighted by Gasteiger charge is 2.21. The van der Waals surface area contributed by atoms with E-state index in [1.165, 1.54) is 19.5 Å². The molecular formula is C21H26N8O4. The van der Waals surface area contributed by atoms with Gasteiger partial charge in [-0.15, -0.1) is 0 Å². The van der Waals surface area contributed by atoms with Gasteiger partial charge in [-0.3, -0.25) is 9.36 Å². The predicted octanol–water partition coefficient (Wildman–Crippen LogP) is -0.115. The number of aromatic nitrogens is 4. The number of benzene rings is 1. The largest absolute Gasteiger partial charge is 0.491 e. The van der Waals surface area contributed by atoms with Crippen molar-refractivity contribution >= 4 is 28.6 Å². The van der Waals surface area contributed by atoms with Crippen LogP contribution in [0.25, 0.3) is 10.9 Å². The van der Waals surface area contributed by atoms with Gasteiger partial charge in [0.25, 0.3) is 5.91 Å². The van der Waals surface area contributed by atoms with Gasteiger partial charge in [0.15, 0.2) is 11.5 Å². The number of nitrogens with one attached hydrogen (secondary N) is 1. The van der Waals surface area contributed by atoms with Crippen LogP contribution < -0.4 is 26.1 Å². The molecule has 2 aromatic heterocycles. The molecule has 0 bridgehead atoms. The van der Waals surface area contributed by atoms with Crippen LogP contribution in [-0.4, -0.2) is 82.4 Å². The number of ether oxygens (including phenoxy) is 2. The van der Waals surface area contributed by atoms with E-state index in [0.29, 0.717) is 36.6 Å². The second-order valence-electron chi connectivity index (χ2n) is 7.81. The summed E-state index contributed by atoms with van der Waals surface area (Å²) in [6.07, 6.45) is 1.98. The van der Waals surface area contributed by atoms with Crippen molar-refractivity contribution in [3.8, 4) is 11.5 Å². The molecule has 1 aromatic carbocycles. The Bertz CT molecular complexity index is 1240. The molecule has 0 aliphatic carbocycles. The Hall–Kier alpha value is -3.77. The molecule has 1 atom stereocenters. The molecule has 3 heterocycles. The number of nitrogens with two attached hydrogens (primary N) is 1. The number of amides is 1. The minimum absolute atomic E-state index is 0.0720.